The summed E-state index contributed by atoms with van der Waals surface area (Å²) in [5, 5.41) is 9.44. The van der Waals surface area contributed by atoms with E-state index in [4.69, 9.17) is 0 Å². The zero-order chi connectivity index (χ0) is 19.9. The molecule has 6 heteroatoms. The molecule has 1 aromatic heterocycles. The van der Waals surface area contributed by atoms with Crippen LogP contribution in [0, 0.1) is 0 Å². The van der Waals surface area contributed by atoms with E-state index in [0.717, 1.165) is 34.9 Å². The molecule has 1 unspecified atom stereocenters. The van der Waals surface area contributed by atoms with Gasteiger partial charge in [-0.15, -0.1) is 0 Å². The molecule has 0 bridgehead atoms. The molecule has 0 radical (unpaired) electrons. The predicted octanol–water partition coefficient (Wildman–Crippen LogP) is 5.06. The van der Waals surface area contributed by atoms with Crippen LogP contribution in [0.5, 0.6) is 0 Å². The van der Waals surface area contributed by atoms with Crippen molar-refractivity contribution in [1.82, 2.24) is 9.97 Å². The second-order valence-corrected chi connectivity index (χ2v) is 6.67. The van der Waals surface area contributed by atoms with Crippen molar-refractivity contribution in [2.75, 3.05) is 16.0 Å². The Balaban J connectivity index is 1.93. The van der Waals surface area contributed by atoms with Gasteiger partial charge < -0.3 is 16.0 Å². The van der Waals surface area contributed by atoms with Gasteiger partial charge in [0, 0.05) is 36.0 Å². The first-order valence-electron chi connectivity index (χ1n) is 9.39. The van der Waals surface area contributed by atoms with Crippen LogP contribution in [0.15, 0.2) is 60.7 Å². The molecule has 0 fully saturated rings. The molecule has 1 atom stereocenters. The first-order chi connectivity index (χ1) is 13.5. The topological polar surface area (TPSA) is 78.9 Å². The van der Waals surface area contributed by atoms with Crippen LogP contribution in [0.4, 0.5) is 23.1 Å². The average Bonchev–Trinajstić information content (AvgIpc) is 2.68. The van der Waals surface area contributed by atoms with Crippen LogP contribution in [-0.2, 0) is 4.79 Å². The lowest BCUT2D eigenvalue weighted by molar-refractivity contribution is -0.114. The molecule has 0 aliphatic rings. The number of hydrogen-bond donors (Lipinski definition) is 3. The second-order valence-electron chi connectivity index (χ2n) is 6.67. The molecule has 3 N–H and O–H groups in total. The Morgan fingerprint density at radius 1 is 1.00 bits per heavy atom. The number of carbonyl (C=O) groups is 1. The van der Waals surface area contributed by atoms with Crippen LogP contribution < -0.4 is 16.0 Å². The van der Waals surface area contributed by atoms with Gasteiger partial charge >= 0.3 is 0 Å². The minimum absolute atomic E-state index is 0.112. The molecule has 6 nitrogen and oxygen atoms in total. The lowest BCUT2D eigenvalue weighted by atomic mass is 10.1. The highest BCUT2D eigenvalue weighted by Gasteiger charge is 2.09. The molecular weight excluding hydrogens is 350 g/mol. The van der Waals surface area contributed by atoms with Crippen LogP contribution in [0.25, 0.3) is 11.3 Å². The van der Waals surface area contributed by atoms with Gasteiger partial charge in [-0.05, 0) is 31.5 Å². The average molecular weight is 375 g/mol. The minimum atomic E-state index is -0.112. The Kier molecular flexibility index (Phi) is 6.22. The quantitative estimate of drug-likeness (QED) is 0.538. The summed E-state index contributed by atoms with van der Waals surface area (Å²) >= 11 is 0. The van der Waals surface area contributed by atoms with Gasteiger partial charge in [-0.25, -0.2) is 4.98 Å². The van der Waals surface area contributed by atoms with Crippen LogP contribution in [0.3, 0.4) is 0 Å². The van der Waals surface area contributed by atoms with Gasteiger partial charge in [0.2, 0.25) is 11.9 Å². The first kappa shape index (κ1) is 19.4. The highest BCUT2D eigenvalue weighted by Crippen LogP contribution is 2.24. The van der Waals surface area contributed by atoms with E-state index in [1.165, 1.54) is 6.92 Å². The number of nitrogens with zero attached hydrogens (tertiary/aromatic N) is 2. The highest BCUT2D eigenvalue weighted by atomic mass is 16.1. The fourth-order valence-corrected chi connectivity index (χ4v) is 2.70. The maximum Gasteiger partial charge on any atom is 0.229 e. The van der Waals surface area contributed by atoms with Crippen LogP contribution in [0.2, 0.25) is 0 Å². The first-order valence-corrected chi connectivity index (χ1v) is 9.39. The third-order valence-electron chi connectivity index (χ3n) is 4.24. The molecule has 28 heavy (non-hydrogen) atoms. The summed E-state index contributed by atoms with van der Waals surface area (Å²) in [7, 11) is 0. The molecule has 0 aliphatic heterocycles. The number of aromatic nitrogens is 2. The van der Waals surface area contributed by atoms with Gasteiger partial charge in [-0.3, -0.25) is 4.79 Å². The van der Waals surface area contributed by atoms with E-state index >= 15 is 0 Å². The monoisotopic (exact) mass is 375 g/mol. The number of rotatable bonds is 7. The van der Waals surface area contributed by atoms with Crippen molar-refractivity contribution >= 4 is 29.0 Å². The number of amides is 1. The van der Waals surface area contributed by atoms with Gasteiger partial charge in [-0.2, -0.15) is 4.98 Å². The van der Waals surface area contributed by atoms with Crippen LogP contribution in [-0.4, -0.2) is 21.9 Å². The molecule has 0 saturated heterocycles. The zero-order valence-electron chi connectivity index (χ0n) is 16.4. The molecule has 1 heterocycles. The number of carbonyl (C=O) groups excluding carboxylic acids is 1. The van der Waals surface area contributed by atoms with E-state index in [0.29, 0.717) is 12.0 Å². The Morgan fingerprint density at radius 2 is 1.75 bits per heavy atom. The molecular formula is C22H25N5O. The summed E-state index contributed by atoms with van der Waals surface area (Å²) < 4.78 is 0. The summed E-state index contributed by atoms with van der Waals surface area (Å²) in [6.45, 7) is 5.73. The van der Waals surface area contributed by atoms with E-state index in [1.807, 2.05) is 60.7 Å². The fourth-order valence-electron chi connectivity index (χ4n) is 2.70. The molecule has 3 rings (SSSR count). The van der Waals surface area contributed by atoms with E-state index in [-0.39, 0.29) is 5.91 Å². The Bertz CT molecular complexity index is 943. The van der Waals surface area contributed by atoms with Gasteiger partial charge in [-0.1, -0.05) is 43.3 Å². The Morgan fingerprint density at radius 3 is 2.46 bits per heavy atom. The standard InChI is InChI=1S/C22H25N5O/c1-4-15(2)23-21-14-20(17-9-6-5-7-10-17)26-22(27-21)25-19-12-8-11-18(13-19)24-16(3)28/h5-15H,4H2,1-3H3,(H,24,28)(H2,23,25,26,27). The summed E-state index contributed by atoms with van der Waals surface area (Å²) in [6, 6.07) is 19.7. The van der Waals surface area contributed by atoms with Gasteiger partial charge in [0.05, 0.1) is 5.69 Å². The van der Waals surface area contributed by atoms with Gasteiger partial charge in [0.15, 0.2) is 0 Å². The van der Waals surface area contributed by atoms with Gasteiger partial charge in [0.25, 0.3) is 0 Å². The second kappa shape index (κ2) is 8.99. The molecule has 1 amide bonds. The van der Waals surface area contributed by atoms with Gasteiger partial charge in [0.1, 0.15) is 5.82 Å². The summed E-state index contributed by atoms with van der Waals surface area (Å²) in [5.74, 6) is 1.15. The van der Waals surface area contributed by atoms with Crippen molar-refractivity contribution in [3.8, 4) is 11.3 Å². The summed E-state index contributed by atoms with van der Waals surface area (Å²) in [5.41, 5.74) is 3.37. The Labute approximate surface area is 165 Å². The van der Waals surface area contributed by atoms with Crippen molar-refractivity contribution in [1.29, 1.82) is 0 Å². The van der Waals surface area contributed by atoms with Crippen molar-refractivity contribution in [2.45, 2.75) is 33.2 Å². The largest absolute Gasteiger partial charge is 0.367 e. The molecule has 0 aliphatic carbocycles. The minimum Gasteiger partial charge on any atom is -0.367 e. The smallest absolute Gasteiger partial charge is 0.229 e. The molecule has 2 aromatic carbocycles. The summed E-state index contributed by atoms with van der Waals surface area (Å²) in [6.07, 6.45) is 0.992. The predicted molar refractivity (Wildman–Crippen MR) is 115 cm³/mol. The lowest BCUT2D eigenvalue weighted by Crippen LogP contribution is -2.15. The number of nitrogens with one attached hydrogen (secondary N) is 3. The fraction of sp³-hybridized carbons (Fsp3) is 0.227. The number of benzene rings is 2. The van der Waals surface area contributed by atoms with Crippen molar-refractivity contribution in [2.24, 2.45) is 0 Å². The van der Waals surface area contributed by atoms with Crippen molar-refractivity contribution in [3.63, 3.8) is 0 Å². The molecule has 0 saturated carbocycles. The van der Waals surface area contributed by atoms with E-state index in [1.54, 1.807) is 0 Å². The lowest BCUT2D eigenvalue weighted by Gasteiger charge is -2.15. The van der Waals surface area contributed by atoms with Crippen LogP contribution in [0.1, 0.15) is 27.2 Å². The van der Waals surface area contributed by atoms with E-state index in [2.05, 4.69) is 39.8 Å². The van der Waals surface area contributed by atoms with E-state index < -0.39 is 0 Å². The van der Waals surface area contributed by atoms with Crippen LogP contribution >= 0.6 is 0 Å². The molecule has 144 valence electrons. The zero-order valence-corrected chi connectivity index (χ0v) is 16.4. The maximum atomic E-state index is 11.3. The van der Waals surface area contributed by atoms with Crippen molar-refractivity contribution < 1.29 is 4.79 Å². The summed E-state index contributed by atoms with van der Waals surface area (Å²) in [4.78, 5) is 20.6. The normalized spacial score (nSPS) is 11.5. The van der Waals surface area contributed by atoms with Crippen molar-refractivity contribution in [3.05, 3.63) is 60.7 Å². The third kappa shape index (κ3) is 5.30. The van der Waals surface area contributed by atoms with E-state index in [9.17, 15) is 4.79 Å². The SMILES string of the molecule is CCC(C)Nc1cc(-c2ccccc2)nc(Nc2cccc(NC(C)=O)c2)n1. The molecule has 0 spiro atoms. The molecule has 3 aromatic rings. The number of hydrogen-bond acceptors (Lipinski definition) is 5. The number of anilines is 4. The highest BCUT2D eigenvalue weighted by molar-refractivity contribution is 5.89. The maximum absolute atomic E-state index is 11.3. The third-order valence-corrected chi connectivity index (χ3v) is 4.24. The Hall–Kier alpha value is -3.41.